The van der Waals surface area contributed by atoms with Crippen molar-refractivity contribution in [3.8, 4) is 0 Å². The van der Waals surface area contributed by atoms with Crippen LogP contribution >= 0.6 is 0 Å². The van der Waals surface area contributed by atoms with Crippen LogP contribution in [0.1, 0.15) is 30.9 Å². The Kier molecular flexibility index (Phi) is 5.06. The third-order valence-corrected chi connectivity index (χ3v) is 6.17. The molecule has 1 aliphatic carbocycles. The Labute approximate surface area is 150 Å². The highest BCUT2D eigenvalue weighted by molar-refractivity contribution is 5.83. The van der Waals surface area contributed by atoms with Crippen molar-refractivity contribution < 1.29 is 9.53 Å². The lowest BCUT2D eigenvalue weighted by Crippen LogP contribution is -2.44. The van der Waals surface area contributed by atoms with E-state index in [0.29, 0.717) is 0 Å². The van der Waals surface area contributed by atoms with Crippen LogP contribution in [0.4, 0.5) is 0 Å². The highest BCUT2D eigenvalue weighted by Gasteiger charge is 2.57. The zero-order chi connectivity index (χ0) is 17.1. The maximum atomic E-state index is 12.9. The van der Waals surface area contributed by atoms with E-state index in [2.05, 4.69) is 39.8 Å². The van der Waals surface area contributed by atoms with Gasteiger partial charge in [-0.2, -0.15) is 0 Å². The van der Waals surface area contributed by atoms with Crippen molar-refractivity contribution in [2.45, 2.75) is 25.3 Å². The second-order valence-corrected chi connectivity index (χ2v) is 7.75. The zero-order valence-corrected chi connectivity index (χ0v) is 14.9. The highest BCUT2D eigenvalue weighted by atomic mass is 16.5. The normalized spacial score (nSPS) is 27.0. The van der Waals surface area contributed by atoms with Gasteiger partial charge in [-0.3, -0.25) is 9.69 Å². The lowest BCUT2D eigenvalue weighted by atomic mass is 9.91. The topological polar surface area (TPSA) is 53.6 Å². The molecule has 0 radical (unpaired) electrons. The molecule has 5 heteroatoms. The first-order valence-corrected chi connectivity index (χ1v) is 9.63. The third-order valence-electron chi connectivity index (χ3n) is 6.17. The number of hydrogen-bond acceptors (Lipinski definition) is 4. The molecule has 1 aromatic rings. The van der Waals surface area contributed by atoms with E-state index in [0.717, 1.165) is 65.2 Å². The molecule has 1 amide bonds. The summed E-state index contributed by atoms with van der Waals surface area (Å²) in [6.45, 7) is 6.43. The van der Waals surface area contributed by atoms with Gasteiger partial charge in [0.15, 0.2) is 0 Å². The van der Waals surface area contributed by atoms with Gasteiger partial charge in [-0.1, -0.05) is 30.3 Å². The average Bonchev–Trinajstić information content (AvgIpc) is 3.36. The summed E-state index contributed by atoms with van der Waals surface area (Å²) in [5.74, 6) is 0.467. The molecule has 25 heavy (non-hydrogen) atoms. The molecule has 2 unspecified atom stereocenters. The Balaban J connectivity index is 1.42. The van der Waals surface area contributed by atoms with Gasteiger partial charge in [-0.15, -0.1) is 0 Å². The second kappa shape index (κ2) is 7.44. The molecule has 0 aromatic heterocycles. The Morgan fingerprint density at radius 1 is 1.24 bits per heavy atom. The fourth-order valence-electron chi connectivity index (χ4n) is 4.43. The fourth-order valence-corrected chi connectivity index (χ4v) is 4.43. The van der Waals surface area contributed by atoms with Gasteiger partial charge in [-0.25, -0.2) is 0 Å². The highest BCUT2D eigenvalue weighted by Crippen LogP contribution is 2.58. The molecule has 2 heterocycles. The van der Waals surface area contributed by atoms with Gasteiger partial charge in [-0.05, 0) is 43.3 Å². The molecule has 1 saturated carbocycles. The molecule has 3 fully saturated rings. The van der Waals surface area contributed by atoms with Crippen molar-refractivity contribution >= 4 is 5.91 Å². The van der Waals surface area contributed by atoms with Crippen LogP contribution in [-0.4, -0.2) is 56.7 Å². The number of benzene rings is 1. The van der Waals surface area contributed by atoms with Gasteiger partial charge in [0.2, 0.25) is 5.91 Å². The minimum Gasteiger partial charge on any atom is -0.379 e. The monoisotopic (exact) mass is 343 g/mol. The maximum Gasteiger partial charge on any atom is 0.224 e. The second-order valence-electron chi connectivity index (χ2n) is 7.75. The minimum atomic E-state index is 0.0613. The largest absolute Gasteiger partial charge is 0.379 e. The van der Waals surface area contributed by atoms with Crippen LogP contribution in [0.15, 0.2) is 30.3 Å². The number of nitrogens with one attached hydrogen (secondary N) is 2. The first kappa shape index (κ1) is 17.0. The van der Waals surface area contributed by atoms with Crippen molar-refractivity contribution in [3.05, 3.63) is 35.9 Å². The number of ether oxygens (including phenoxy) is 1. The first-order valence-electron chi connectivity index (χ1n) is 9.63. The Hall–Kier alpha value is -1.43. The summed E-state index contributed by atoms with van der Waals surface area (Å²) < 4.78 is 5.46. The molecular weight excluding hydrogens is 314 g/mol. The van der Waals surface area contributed by atoms with Crippen LogP contribution in [0.25, 0.3) is 0 Å². The quantitative estimate of drug-likeness (QED) is 0.852. The smallest absolute Gasteiger partial charge is 0.224 e. The first-order chi connectivity index (χ1) is 12.3. The van der Waals surface area contributed by atoms with E-state index < -0.39 is 0 Å². The van der Waals surface area contributed by atoms with Crippen LogP contribution in [0.3, 0.4) is 0 Å². The molecule has 2 N–H and O–H groups in total. The standard InChI is InChI=1S/C20H29N3O2/c24-19(17-14-20(17)6-8-21-9-7-20)22-18(16-4-2-1-3-5-16)15-23-10-12-25-13-11-23/h1-5,17-18,21H,6-15H2,(H,22,24). The van der Waals surface area contributed by atoms with Gasteiger partial charge in [0, 0.05) is 25.6 Å². The Morgan fingerprint density at radius 3 is 2.68 bits per heavy atom. The van der Waals surface area contributed by atoms with Crippen molar-refractivity contribution in [1.29, 1.82) is 0 Å². The van der Waals surface area contributed by atoms with E-state index in [-0.39, 0.29) is 23.3 Å². The van der Waals surface area contributed by atoms with E-state index >= 15 is 0 Å². The summed E-state index contributed by atoms with van der Waals surface area (Å²) in [4.78, 5) is 15.3. The van der Waals surface area contributed by atoms with E-state index in [9.17, 15) is 4.79 Å². The van der Waals surface area contributed by atoms with Crippen molar-refractivity contribution in [2.75, 3.05) is 45.9 Å². The number of morpholine rings is 1. The molecule has 1 aromatic carbocycles. The predicted molar refractivity (Wildman–Crippen MR) is 97.2 cm³/mol. The van der Waals surface area contributed by atoms with Crippen LogP contribution < -0.4 is 10.6 Å². The number of rotatable bonds is 5. The number of carbonyl (C=O) groups is 1. The summed E-state index contributed by atoms with van der Waals surface area (Å²) >= 11 is 0. The van der Waals surface area contributed by atoms with Crippen molar-refractivity contribution in [3.63, 3.8) is 0 Å². The number of piperidine rings is 1. The lowest BCUT2D eigenvalue weighted by Gasteiger charge is -2.31. The summed E-state index contributed by atoms with van der Waals surface area (Å²) in [7, 11) is 0. The lowest BCUT2D eigenvalue weighted by molar-refractivity contribution is -0.124. The maximum absolute atomic E-state index is 12.9. The van der Waals surface area contributed by atoms with Crippen molar-refractivity contribution in [1.82, 2.24) is 15.5 Å². The molecule has 136 valence electrons. The summed E-state index contributed by atoms with van der Waals surface area (Å²) in [5.41, 5.74) is 1.48. The minimum absolute atomic E-state index is 0.0613. The molecule has 1 spiro atoms. The summed E-state index contributed by atoms with van der Waals surface area (Å²) in [6, 6.07) is 10.4. The van der Waals surface area contributed by atoms with E-state index in [1.165, 1.54) is 5.56 Å². The number of nitrogens with zero attached hydrogens (tertiary/aromatic N) is 1. The number of amides is 1. The molecule has 2 aliphatic heterocycles. The molecular formula is C20H29N3O2. The number of carbonyl (C=O) groups excluding carboxylic acids is 1. The van der Waals surface area contributed by atoms with Crippen LogP contribution in [0.5, 0.6) is 0 Å². The zero-order valence-electron chi connectivity index (χ0n) is 14.9. The predicted octanol–water partition coefficient (Wildman–Crippen LogP) is 1.57. The van der Waals surface area contributed by atoms with Crippen LogP contribution in [-0.2, 0) is 9.53 Å². The molecule has 4 rings (SSSR count). The fraction of sp³-hybridized carbons (Fsp3) is 0.650. The average molecular weight is 343 g/mol. The third kappa shape index (κ3) is 3.89. The summed E-state index contributed by atoms with van der Waals surface area (Å²) in [5, 5.41) is 6.78. The van der Waals surface area contributed by atoms with Crippen LogP contribution in [0.2, 0.25) is 0 Å². The molecule has 3 aliphatic rings. The molecule has 0 bridgehead atoms. The van der Waals surface area contributed by atoms with E-state index in [1.54, 1.807) is 0 Å². The van der Waals surface area contributed by atoms with Gasteiger partial charge < -0.3 is 15.4 Å². The molecule has 2 saturated heterocycles. The van der Waals surface area contributed by atoms with E-state index in [1.807, 2.05) is 6.07 Å². The molecule has 2 atom stereocenters. The van der Waals surface area contributed by atoms with Crippen molar-refractivity contribution in [2.24, 2.45) is 11.3 Å². The van der Waals surface area contributed by atoms with E-state index in [4.69, 9.17) is 4.74 Å². The van der Waals surface area contributed by atoms with Crippen LogP contribution in [0, 0.1) is 11.3 Å². The van der Waals surface area contributed by atoms with Gasteiger partial charge in [0.05, 0.1) is 19.3 Å². The van der Waals surface area contributed by atoms with Gasteiger partial charge >= 0.3 is 0 Å². The van der Waals surface area contributed by atoms with Gasteiger partial charge in [0.25, 0.3) is 0 Å². The Morgan fingerprint density at radius 2 is 1.96 bits per heavy atom. The molecule has 5 nitrogen and oxygen atoms in total. The Bertz CT molecular complexity index is 580. The van der Waals surface area contributed by atoms with Gasteiger partial charge in [0.1, 0.15) is 0 Å². The SMILES string of the molecule is O=C(NC(CN1CCOCC1)c1ccccc1)C1CC12CCNCC2. The number of hydrogen-bond donors (Lipinski definition) is 2. The summed E-state index contributed by atoms with van der Waals surface area (Å²) in [6.07, 6.45) is 3.36.